The van der Waals surface area contributed by atoms with E-state index in [-0.39, 0.29) is 23.8 Å². The molecule has 1 atom stereocenters. The van der Waals surface area contributed by atoms with E-state index < -0.39 is 0 Å². The predicted molar refractivity (Wildman–Crippen MR) is 92.5 cm³/mol. The second-order valence-corrected chi connectivity index (χ2v) is 6.87. The van der Waals surface area contributed by atoms with Crippen LogP contribution in [0.4, 0.5) is 0 Å². The van der Waals surface area contributed by atoms with Gasteiger partial charge in [-0.2, -0.15) is 4.98 Å². The molecule has 0 radical (unpaired) electrons. The molecule has 0 N–H and O–H groups in total. The molecule has 3 heterocycles. The van der Waals surface area contributed by atoms with E-state index in [1.807, 2.05) is 13.8 Å². The Hall–Kier alpha value is -2.64. The molecule has 0 spiro atoms. The van der Waals surface area contributed by atoms with Gasteiger partial charge in [-0.3, -0.25) is 9.59 Å². The average Bonchev–Trinajstić information content (AvgIpc) is 3.35. The van der Waals surface area contributed by atoms with Crippen molar-refractivity contribution in [2.45, 2.75) is 45.6 Å². The molecular weight excluding hydrogens is 336 g/mol. The molecule has 2 amide bonds. The van der Waals surface area contributed by atoms with Gasteiger partial charge in [-0.05, 0) is 12.5 Å². The number of rotatable bonds is 6. The van der Waals surface area contributed by atoms with Gasteiger partial charge in [0.2, 0.25) is 11.8 Å². The fourth-order valence-electron chi connectivity index (χ4n) is 3.17. The van der Waals surface area contributed by atoms with Crippen molar-refractivity contribution in [3.05, 3.63) is 35.9 Å². The Morgan fingerprint density at radius 2 is 2.23 bits per heavy atom. The molecule has 0 saturated carbocycles. The number of furan rings is 1. The van der Waals surface area contributed by atoms with Crippen molar-refractivity contribution in [1.29, 1.82) is 0 Å². The van der Waals surface area contributed by atoms with Crippen LogP contribution in [-0.2, 0) is 11.2 Å². The first-order chi connectivity index (χ1) is 12.5. The maximum atomic E-state index is 12.4. The standard InChI is InChI=1S/C18H24N4O4/c1-12(2)17-19-16(20-26-17)5-8-22(13(3)23)15-4-7-21(10-15)18(24)14-6-9-25-11-14/h6,9,11-12,15H,4-5,7-8,10H2,1-3H3. The fourth-order valence-corrected chi connectivity index (χ4v) is 3.17. The molecule has 0 aliphatic carbocycles. The van der Waals surface area contributed by atoms with Crippen LogP contribution >= 0.6 is 0 Å². The quantitative estimate of drug-likeness (QED) is 0.783. The second kappa shape index (κ2) is 7.72. The van der Waals surface area contributed by atoms with Crippen molar-refractivity contribution in [2.75, 3.05) is 19.6 Å². The summed E-state index contributed by atoms with van der Waals surface area (Å²) < 4.78 is 10.2. The van der Waals surface area contributed by atoms with E-state index in [4.69, 9.17) is 8.94 Å². The third-order valence-electron chi connectivity index (χ3n) is 4.62. The third kappa shape index (κ3) is 3.95. The summed E-state index contributed by atoms with van der Waals surface area (Å²) in [5, 5.41) is 3.97. The van der Waals surface area contributed by atoms with Gasteiger partial charge in [-0.15, -0.1) is 0 Å². The summed E-state index contributed by atoms with van der Waals surface area (Å²) in [7, 11) is 0. The van der Waals surface area contributed by atoms with Gasteiger partial charge >= 0.3 is 0 Å². The Morgan fingerprint density at radius 3 is 2.85 bits per heavy atom. The lowest BCUT2D eigenvalue weighted by Crippen LogP contribution is -2.42. The predicted octanol–water partition coefficient (Wildman–Crippen LogP) is 2.09. The van der Waals surface area contributed by atoms with Gasteiger partial charge in [0.05, 0.1) is 17.9 Å². The van der Waals surface area contributed by atoms with Crippen LogP contribution in [0, 0.1) is 0 Å². The lowest BCUT2D eigenvalue weighted by Gasteiger charge is -2.27. The summed E-state index contributed by atoms with van der Waals surface area (Å²) in [5.74, 6) is 1.30. The molecule has 8 nitrogen and oxygen atoms in total. The molecule has 1 fully saturated rings. The van der Waals surface area contributed by atoms with E-state index in [9.17, 15) is 9.59 Å². The van der Waals surface area contributed by atoms with Crippen molar-refractivity contribution in [3.8, 4) is 0 Å². The summed E-state index contributed by atoms with van der Waals surface area (Å²) in [5.41, 5.74) is 0.535. The highest BCUT2D eigenvalue weighted by Crippen LogP contribution is 2.19. The van der Waals surface area contributed by atoms with Crippen molar-refractivity contribution >= 4 is 11.8 Å². The molecule has 8 heteroatoms. The second-order valence-electron chi connectivity index (χ2n) is 6.87. The number of likely N-dealkylation sites (tertiary alicyclic amines) is 1. The van der Waals surface area contributed by atoms with Gasteiger partial charge in [0.15, 0.2) is 5.82 Å². The van der Waals surface area contributed by atoms with Crippen LogP contribution in [0.25, 0.3) is 0 Å². The molecule has 1 aliphatic rings. The molecule has 1 unspecified atom stereocenters. The van der Waals surface area contributed by atoms with Crippen LogP contribution in [0.3, 0.4) is 0 Å². The molecule has 26 heavy (non-hydrogen) atoms. The van der Waals surface area contributed by atoms with Crippen LogP contribution < -0.4 is 0 Å². The highest BCUT2D eigenvalue weighted by molar-refractivity contribution is 5.94. The Kier molecular flexibility index (Phi) is 5.39. The van der Waals surface area contributed by atoms with E-state index in [1.165, 1.54) is 12.5 Å². The summed E-state index contributed by atoms with van der Waals surface area (Å²) in [4.78, 5) is 32.5. The first-order valence-electron chi connectivity index (χ1n) is 8.87. The third-order valence-corrected chi connectivity index (χ3v) is 4.62. The highest BCUT2D eigenvalue weighted by Gasteiger charge is 2.32. The summed E-state index contributed by atoms with van der Waals surface area (Å²) in [6.07, 6.45) is 4.22. The summed E-state index contributed by atoms with van der Waals surface area (Å²) >= 11 is 0. The van der Waals surface area contributed by atoms with Crippen LogP contribution in [0.15, 0.2) is 27.5 Å². The Morgan fingerprint density at radius 1 is 1.42 bits per heavy atom. The lowest BCUT2D eigenvalue weighted by atomic mass is 10.2. The molecule has 1 aliphatic heterocycles. The van der Waals surface area contributed by atoms with E-state index >= 15 is 0 Å². The molecule has 3 rings (SSSR count). The molecule has 0 aromatic carbocycles. The van der Waals surface area contributed by atoms with Crippen LogP contribution in [0.5, 0.6) is 0 Å². The number of aromatic nitrogens is 2. The monoisotopic (exact) mass is 360 g/mol. The zero-order valence-electron chi connectivity index (χ0n) is 15.3. The SMILES string of the molecule is CC(=O)N(CCc1noc(C(C)C)n1)C1CCN(C(=O)c2ccoc2)C1. The van der Waals surface area contributed by atoms with Crippen molar-refractivity contribution in [3.63, 3.8) is 0 Å². The molecule has 0 bridgehead atoms. The van der Waals surface area contributed by atoms with E-state index in [0.29, 0.717) is 43.3 Å². The van der Waals surface area contributed by atoms with Crippen LogP contribution in [-0.4, -0.2) is 57.4 Å². The molecule has 2 aromatic heterocycles. The van der Waals surface area contributed by atoms with Crippen molar-refractivity contribution < 1.29 is 18.5 Å². The normalized spacial score (nSPS) is 17.1. The average molecular weight is 360 g/mol. The van der Waals surface area contributed by atoms with Crippen molar-refractivity contribution in [2.24, 2.45) is 0 Å². The molecular formula is C18H24N4O4. The molecule has 1 saturated heterocycles. The first kappa shape index (κ1) is 18.2. The molecule has 2 aromatic rings. The van der Waals surface area contributed by atoms with E-state index in [0.717, 1.165) is 6.42 Å². The minimum atomic E-state index is -0.0653. The maximum absolute atomic E-state index is 12.4. The van der Waals surface area contributed by atoms with E-state index in [1.54, 1.807) is 22.8 Å². The Balaban J connectivity index is 1.59. The smallest absolute Gasteiger partial charge is 0.257 e. The van der Waals surface area contributed by atoms with Gasteiger partial charge < -0.3 is 18.7 Å². The zero-order chi connectivity index (χ0) is 18.7. The highest BCUT2D eigenvalue weighted by atomic mass is 16.5. The number of nitrogens with zero attached hydrogens (tertiary/aromatic N) is 4. The minimum absolute atomic E-state index is 0.000166. The molecule has 140 valence electrons. The Labute approximate surface area is 152 Å². The number of hydrogen-bond acceptors (Lipinski definition) is 6. The van der Waals surface area contributed by atoms with Gasteiger partial charge in [0, 0.05) is 38.9 Å². The van der Waals surface area contributed by atoms with Crippen LogP contribution in [0.2, 0.25) is 0 Å². The van der Waals surface area contributed by atoms with Gasteiger partial charge in [-0.25, -0.2) is 0 Å². The summed E-state index contributed by atoms with van der Waals surface area (Å²) in [6, 6.07) is 1.65. The van der Waals surface area contributed by atoms with Crippen molar-refractivity contribution in [1.82, 2.24) is 19.9 Å². The van der Waals surface area contributed by atoms with Gasteiger partial charge in [0.1, 0.15) is 6.26 Å². The largest absolute Gasteiger partial charge is 0.472 e. The maximum Gasteiger partial charge on any atom is 0.257 e. The number of carbonyl (C=O) groups excluding carboxylic acids is 2. The minimum Gasteiger partial charge on any atom is -0.472 e. The van der Waals surface area contributed by atoms with Gasteiger partial charge in [0.25, 0.3) is 5.91 Å². The zero-order valence-corrected chi connectivity index (χ0v) is 15.3. The van der Waals surface area contributed by atoms with E-state index in [2.05, 4.69) is 10.1 Å². The van der Waals surface area contributed by atoms with Gasteiger partial charge in [-0.1, -0.05) is 19.0 Å². The Bertz CT molecular complexity index is 753. The number of hydrogen-bond donors (Lipinski definition) is 0. The lowest BCUT2D eigenvalue weighted by molar-refractivity contribution is -0.130. The topological polar surface area (TPSA) is 92.7 Å². The number of carbonyl (C=O) groups is 2. The van der Waals surface area contributed by atoms with Crippen LogP contribution in [0.1, 0.15) is 55.2 Å². The first-order valence-corrected chi connectivity index (χ1v) is 8.87. The fraction of sp³-hybridized carbons (Fsp3) is 0.556. The number of amides is 2. The summed E-state index contributed by atoms with van der Waals surface area (Å²) in [6.45, 7) is 7.18.